The summed E-state index contributed by atoms with van der Waals surface area (Å²) in [6, 6.07) is 10.3. The average molecular weight is 469 g/mol. The van der Waals surface area contributed by atoms with Crippen LogP contribution >= 0.6 is 0 Å². The monoisotopic (exact) mass is 468 g/mol. The smallest absolute Gasteiger partial charge is 0.354 e. The Kier molecular flexibility index (Phi) is 8.76. The molecule has 0 unspecified atom stereocenters. The van der Waals surface area contributed by atoms with E-state index in [0.717, 1.165) is 33.1 Å². The number of hydrogen-bond acceptors (Lipinski definition) is 7. The molecule has 0 spiro atoms. The van der Waals surface area contributed by atoms with Crippen LogP contribution in [0.1, 0.15) is 36.1 Å². The lowest BCUT2D eigenvalue weighted by Crippen LogP contribution is -2.49. The summed E-state index contributed by atoms with van der Waals surface area (Å²) in [6.45, 7) is 5.66. The fraction of sp³-hybridized carbons (Fsp3) is 0.292. The van der Waals surface area contributed by atoms with Crippen LogP contribution in [0, 0.1) is 6.92 Å². The highest BCUT2D eigenvalue weighted by Gasteiger charge is 2.20. The first-order chi connectivity index (χ1) is 16.0. The molecule has 2 aromatic rings. The van der Waals surface area contributed by atoms with Crippen molar-refractivity contribution in [2.45, 2.75) is 33.8 Å². The molecule has 0 aliphatic rings. The number of aryl methyl sites for hydroxylation is 2. The standard InChI is InChI=1S/C24H32N6O4/c1-6-16-8-7-9-19(30(27)24(33)29(5)26)18(16)13-34-20-11-10-17(12-14(20)2)21(25)15(3)22(28-4)23(31)32/h7-12H,6,13,25-27H2,1-5H3,(H,31,32). The van der Waals surface area contributed by atoms with Crippen molar-refractivity contribution in [2.24, 2.45) is 22.4 Å². The number of nitrogens with two attached hydrogens (primary N) is 3. The molecular weight excluding hydrogens is 436 g/mol. The molecule has 0 bridgehead atoms. The highest BCUT2D eigenvalue weighted by Crippen LogP contribution is 2.28. The van der Waals surface area contributed by atoms with Gasteiger partial charge in [-0.25, -0.2) is 26.3 Å². The Morgan fingerprint density at radius 3 is 2.38 bits per heavy atom. The number of carboxylic acids is 1. The number of rotatable bonds is 8. The van der Waals surface area contributed by atoms with Gasteiger partial charge in [-0.2, -0.15) is 0 Å². The summed E-state index contributed by atoms with van der Waals surface area (Å²) in [5, 5.41) is 11.2. The summed E-state index contributed by atoms with van der Waals surface area (Å²) >= 11 is 0. The molecule has 0 radical (unpaired) electrons. The minimum absolute atomic E-state index is 0.0943. The lowest BCUT2D eigenvalue weighted by molar-refractivity contribution is -0.129. The van der Waals surface area contributed by atoms with Crippen molar-refractivity contribution in [3.05, 3.63) is 64.2 Å². The van der Waals surface area contributed by atoms with E-state index in [-0.39, 0.29) is 12.3 Å². The largest absolute Gasteiger partial charge is 0.489 e. The molecule has 0 atom stereocenters. The Morgan fingerprint density at radius 2 is 1.85 bits per heavy atom. The molecule has 0 heterocycles. The summed E-state index contributed by atoms with van der Waals surface area (Å²) < 4.78 is 6.09. The summed E-state index contributed by atoms with van der Waals surface area (Å²) in [6.07, 6.45) is 0.719. The van der Waals surface area contributed by atoms with Gasteiger partial charge in [0.15, 0.2) is 0 Å². The molecule has 0 saturated carbocycles. The van der Waals surface area contributed by atoms with Crippen molar-refractivity contribution >= 4 is 29.1 Å². The molecule has 0 aromatic heterocycles. The van der Waals surface area contributed by atoms with Crippen LogP contribution in [0.3, 0.4) is 0 Å². The third-order valence-electron chi connectivity index (χ3n) is 5.44. The molecule has 0 aliphatic carbocycles. The summed E-state index contributed by atoms with van der Waals surface area (Å²) in [5.41, 5.74) is 10.5. The van der Waals surface area contributed by atoms with Gasteiger partial charge in [-0.15, -0.1) is 0 Å². The van der Waals surface area contributed by atoms with Gasteiger partial charge < -0.3 is 15.6 Å². The van der Waals surface area contributed by atoms with Crippen LogP contribution in [0.4, 0.5) is 10.5 Å². The van der Waals surface area contributed by atoms with E-state index in [4.69, 9.17) is 22.2 Å². The van der Waals surface area contributed by atoms with Crippen molar-refractivity contribution in [1.29, 1.82) is 0 Å². The second-order valence-electron chi connectivity index (χ2n) is 7.72. The first-order valence-electron chi connectivity index (χ1n) is 10.6. The number of ether oxygens (including phenoxy) is 1. The number of carboxylic acid groups (broad SMARTS) is 1. The zero-order valence-electron chi connectivity index (χ0n) is 20.1. The normalized spacial score (nSPS) is 12.1. The van der Waals surface area contributed by atoms with E-state index in [1.807, 2.05) is 32.0 Å². The number of amides is 2. The predicted octanol–water partition coefficient (Wildman–Crippen LogP) is 2.59. The third kappa shape index (κ3) is 5.72. The van der Waals surface area contributed by atoms with Crippen LogP contribution in [0.5, 0.6) is 5.75 Å². The maximum Gasteiger partial charge on any atom is 0.354 e. The van der Waals surface area contributed by atoms with Crippen LogP contribution in [-0.2, 0) is 17.8 Å². The SMILES string of the molecule is CCc1cccc(N(N)C(=O)N(C)N)c1COc1ccc(C(N)=C(C)C(=NC)C(=O)O)cc1C. The van der Waals surface area contributed by atoms with E-state index < -0.39 is 12.0 Å². The van der Waals surface area contributed by atoms with Crippen LogP contribution < -0.4 is 27.2 Å². The molecular formula is C24H32N6O4. The van der Waals surface area contributed by atoms with Gasteiger partial charge in [-0.1, -0.05) is 19.1 Å². The highest BCUT2D eigenvalue weighted by molar-refractivity contribution is 6.43. The molecule has 2 amide bonds. The average Bonchev–Trinajstić information content (AvgIpc) is 2.81. The molecule has 182 valence electrons. The zero-order valence-corrected chi connectivity index (χ0v) is 20.1. The highest BCUT2D eigenvalue weighted by atomic mass is 16.5. The Labute approximate surface area is 199 Å². The summed E-state index contributed by atoms with van der Waals surface area (Å²) in [5.74, 6) is 11.1. The fourth-order valence-electron chi connectivity index (χ4n) is 3.51. The fourth-order valence-corrected chi connectivity index (χ4v) is 3.51. The molecule has 2 aromatic carbocycles. The van der Waals surface area contributed by atoms with Crippen LogP contribution in [0.15, 0.2) is 47.0 Å². The minimum atomic E-state index is -1.14. The van der Waals surface area contributed by atoms with Crippen LogP contribution in [0.2, 0.25) is 0 Å². The Hall–Kier alpha value is -3.89. The molecule has 10 nitrogen and oxygen atoms in total. The Bertz CT molecular complexity index is 1140. The Balaban J connectivity index is 2.36. The first kappa shape index (κ1) is 26.4. The van der Waals surface area contributed by atoms with E-state index in [0.29, 0.717) is 28.3 Å². The quantitative estimate of drug-likeness (QED) is 0.200. The van der Waals surface area contributed by atoms with E-state index in [9.17, 15) is 14.7 Å². The van der Waals surface area contributed by atoms with Gasteiger partial charge in [-0.3, -0.25) is 10.0 Å². The molecule has 34 heavy (non-hydrogen) atoms. The van der Waals surface area contributed by atoms with Crippen molar-refractivity contribution in [3.63, 3.8) is 0 Å². The van der Waals surface area contributed by atoms with E-state index in [2.05, 4.69) is 4.99 Å². The van der Waals surface area contributed by atoms with Gasteiger partial charge in [0, 0.05) is 30.9 Å². The predicted molar refractivity (Wildman–Crippen MR) is 133 cm³/mol. The molecule has 0 aliphatic heterocycles. The number of aliphatic imine (C=N–C) groups is 1. The van der Waals surface area contributed by atoms with Gasteiger partial charge in [0.25, 0.3) is 0 Å². The van der Waals surface area contributed by atoms with Gasteiger partial charge >= 0.3 is 12.0 Å². The van der Waals surface area contributed by atoms with Crippen molar-refractivity contribution in [3.8, 4) is 5.75 Å². The van der Waals surface area contributed by atoms with Crippen molar-refractivity contribution < 1.29 is 19.4 Å². The van der Waals surface area contributed by atoms with Crippen molar-refractivity contribution in [1.82, 2.24) is 5.01 Å². The number of urea groups is 1. The molecule has 7 N–H and O–H groups in total. The Morgan fingerprint density at radius 1 is 1.18 bits per heavy atom. The summed E-state index contributed by atoms with van der Waals surface area (Å²) in [7, 11) is 2.83. The molecule has 10 heteroatoms. The number of hydrogen-bond donors (Lipinski definition) is 4. The number of carbonyl (C=O) groups excluding carboxylic acids is 1. The van der Waals surface area contributed by atoms with E-state index in [1.54, 1.807) is 25.1 Å². The topological polar surface area (TPSA) is 160 Å². The van der Waals surface area contributed by atoms with Crippen molar-refractivity contribution in [2.75, 3.05) is 19.1 Å². The lowest BCUT2D eigenvalue weighted by atomic mass is 10.0. The number of anilines is 1. The lowest BCUT2D eigenvalue weighted by Gasteiger charge is -2.24. The third-order valence-corrected chi connectivity index (χ3v) is 5.44. The maximum absolute atomic E-state index is 12.3. The van der Waals surface area contributed by atoms with Crippen LogP contribution in [0.25, 0.3) is 5.70 Å². The zero-order chi connectivity index (χ0) is 25.6. The van der Waals surface area contributed by atoms with Gasteiger partial charge in [0.2, 0.25) is 0 Å². The van der Waals surface area contributed by atoms with E-state index >= 15 is 0 Å². The van der Waals surface area contributed by atoms with Gasteiger partial charge in [0.05, 0.1) is 5.69 Å². The second kappa shape index (κ2) is 11.3. The van der Waals surface area contributed by atoms with Gasteiger partial charge in [0.1, 0.15) is 18.1 Å². The number of aliphatic carboxylic acids is 1. The van der Waals surface area contributed by atoms with Gasteiger partial charge in [-0.05, 0) is 61.2 Å². The maximum atomic E-state index is 12.3. The van der Waals surface area contributed by atoms with E-state index in [1.165, 1.54) is 14.1 Å². The first-order valence-corrected chi connectivity index (χ1v) is 10.6. The minimum Gasteiger partial charge on any atom is -0.489 e. The number of hydrazine groups is 2. The molecule has 2 rings (SSSR count). The van der Waals surface area contributed by atoms with Crippen LogP contribution in [-0.4, -0.2) is 41.9 Å². The summed E-state index contributed by atoms with van der Waals surface area (Å²) in [4.78, 5) is 27.5. The number of benzene rings is 2. The number of nitrogens with zero attached hydrogens (tertiary/aromatic N) is 3. The molecule has 0 fully saturated rings. The second-order valence-corrected chi connectivity index (χ2v) is 7.72. The number of carbonyl (C=O) groups is 2. The molecule has 0 saturated heterocycles.